The molecule has 0 aromatic heterocycles. The maximum Gasteiger partial charge on any atom is 0.129 e. The lowest BCUT2D eigenvalue weighted by Crippen LogP contribution is -2.07. The van der Waals surface area contributed by atoms with Crippen LogP contribution < -0.4 is 18.9 Å². The van der Waals surface area contributed by atoms with Crippen molar-refractivity contribution < 1.29 is 23.8 Å². The average molecular weight is 442 g/mol. The van der Waals surface area contributed by atoms with Crippen molar-refractivity contribution in [2.24, 2.45) is 5.16 Å². The summed E-state index contributed by atoms with van der Waals surface area (Å²) in [7, 11) is 1.52. The lowest BCUT2D eigenvalue weighted by Gasteiger charge is -2.14. The molecule has 2 aromatic carbocycles. The molecule has 2 aromatic rings. The van der Waals surface area contributed by atoms with E-state index in [-0.39, 0.29) is 0 Å². The summed E-state index contributed by atoms with van der Waals surface area (Å²) in [6.45, 7) is 10.2. The highest BCUT2D eigenvalue weighted by molar-refractivity contribution is 5.82. The molecule has 0 saturated carbocycles. The van der Waals surface area contributed by atoms with Gasteiger partial charge in [-0.15, -0.1) is 0 Å². The first kappa shape index (κ1) is 25.1. The highest BCUT2D eigenvalue weighted by Crippen LogP contribution is 2.28. The predicted molar refractivity (Wildman–Crippen MR) is 129 cm³/mol. The molecule has 0 fully saturated rings. The highest BCUT2D eigenvalue weighted by Gasteiger charge is 2.07. The van der Waals surface area contributed by atoms with Gasteiger partial charge in [0.2, 0.25) is 0 Å². The van der Waals surface area contributed by atoms with Crippen LogP contribution in [-0.2, 0) is 4.84 Å². The molecule has 0 aliphatic rings. The minimum absolute atomic E-state index is 0.388. The molecule has 0 bridgehead atoms. The van der Waals surface area contributed by atoms with Gasteiger partial charge in [-0.25, -0.2) is 0 Å². The lowest BCUT2D eigenvalue weighted by molar-refractivity contribution is 0.209. The van der Waals surface area contributed by atoms with Crippen LogP contribution in [0.25, 0.3) is 0 Å². The number of rotatable bonds is 14. The zero-order valence-electron chi connectivity index (χ0n) is 19.8. The van der Waals surface area contributed by atoms with Gasteiger partial charge in [0.25, 0.3) is 0 Å². The summed E-state index contributed by atoms with van der Waals surface area (Å²) < 4.78 is 23.2. The van der Waals surface area contributed by atoms with Crippen LogP contribution in [0.4, 0.5) is 0 Å². The Morgan fingerprint density at radius 3 is 2.03 bits per heavy atom. The molecule has 0 saturated heterocycles. The number of nitrogens with zero attached hydrogens (tertiary/aromatic N) is 1. The van der Waals surface area contributed by atoms with Crippen LogP contribution in [-0.4, -0.2) is 39.2 Å². The molecule has 0 spiro atoms. The quantitative estimate of drug-likeness (QED) is 0.158. The third-order valence-corrected chi connectivity index (χ3v) is 4.59. The number of hydrogen-bond donors (Lipinski definition) is 0. The Labute approximate surface area is 191 Å². The third kappa shape index (κ3) is 8.92. The molecule has 6 nitrogen and oxygen atoms in total. The molecular weight excluding hydrogens is 406 g/mol. The zero-order valence-corrected chi connectivity index (χ0v) is 19.8. The lowest BCUT2D eigenvalue weighted by atomic mass is 10.1. The van der Waals surface area contributed by atoms with Gasteiger partial charge in [-0.2, -0.15) is 0 Å². The van der Waals surface area contributed by atoms with Gasteiger partial charge < -0.3 is 23.8 Å². The van der Waals surface area contributed by atoms with Crippen LogP contribution in [0.1, 0.15) is 37.8 Å². The molecule has 0 N–H and O–H groups in total. The van der Waals surface area contributed by atoms with Crippen molar-refractivity contribution in [3.63, 3.8) is 0 Å². The van der Waals surface area contributed by atoms with E-state index in [4.69, 9.17) is 23.8 Å². The summed E-state index contributed by atoms with van der Waals surface area (Å²) in [5, 5.41) is 3.82. The van der Waals surface area contributed by atoms with E-state index < -0.39 is 0 Å². The summed E-state index contributed by atoms with van der Waals surface area (Å²) >= 11 is 0. The maximum atomic E-state index is 6.02. The number of ether oxygens (including phenoxy) is 4. The second-order valence-corrected chi connectivity index (χ2v) is 7.44. The summed E-state index contributed by atoms with van der Waals surface area (Å²) in [6.07, 6.45) is 5.79. The Bertz CT molecular complexity index is 851. The minimum Gasteiger partial charge on any atom is -0.494 e. The normalized spacial score (nSPS) is 11.5. The summed E-state index contributed by atoms with van der Waals surface area (Å²) in [6, 6.07) is 11.6. The third-order valence-electron chi connectivity index (χ3n) is 4.59. The molecule has 0 aliphatic carbocycles. The SMILES string of the molecule is C/C=C/COc1cc(C)c(OCCCCOc2ccc(OC/C(C)=N/OC)cc2)c(C)c1. The fourth-order valence-corrected chi connectivity index (χ4v) is 3.03. The molecule has 0 aliphatic heterocycles. The fraction of sp³-hybridized carbons (Fsp3) is 0.423. The predicted octanol–water partition coefficient (Wildman–Crippen LogP) is 5.90. The van der Waals surface area contributed by atoms with Gasteiger partial charge in [0.1, 0.15) is 43.3 Å². The van der Waals surface area contributed by atoms with E-state index in [1.54, 1.807) is 0 Å². The first-order valence-electron chi connectivity index (χ1n) is 10.9. The van der Waals surface area contributed by atoms with Crippen molar-refractivity contribution >= 4 is 5.71 Å². The Kier molecular flexibility index (Phi) is 11.0. The number of benzene rings is 2. The minimum atomic E-state index is 0.388. The van der Waals surface area contributed by atoms with Crippen LogP contribution >= 0.6 is 0 Å². The first-order valence-corrected chi connectivity index (χ1v) is 10.9. The molecule has 0 unspecified atom stereocenters. The van der Waals surface area contributed by atoms with Crippen LogP contribution in [0.2, 0.25) is 0 Å². The van der Waals surface area contributed by atoms with Gasteiger partial charge in [0.05, 0.1) is 18.9 Å². The molecule has 0 heterocycles. The van der Waals surface area contributed by atoms with Gasteiger partial charge in [0, 0.05) is 0 Å². The van der Waals surface area contributed by atoms with Crippen LogP contribution in [0.5, 0.6) is 23.0 Å². The smallest absolute Gasteiger partial charge is 0.129 e. The molecular formula is C26H35NO5. The van der Waals surface area contributed by atoms with E-state index in [0.29, 0.717) is 26.4 Å². The van der Waals surface area contributed by atoms with E-state index in [1.807, 2.05) is 76.2 Å². The van der Waals surface area contributed by atoms with Gasteiger partial charge in [-0.05, 0) is 88.1 Å². The Hall–Kier alpha value is -3.15. The molecule has 0 amide bonds. The average Bonchev–Trinajstić information content (AvgIpc) is 2.77. The van der Waals surface area contributed by atoms with Crippen molar-refractivity contribution in [1.82, 2.24) is 0 Å². The number of hydrogen-bond acceptors (Lipinski definition) is 6. The van der Waals surface area contributed by atoms with E-state index in [0.717, 1.165) is 52.7 Å². The summed E-state index contributed by atoms with van der Waals surface area (Å²) in [4.78, 5) is 4.71. The topological polar surface area (TPSA) is 58.5 Å². The van der Waals surface area contributed by atoms with E-state index in [1.165, 1.54) is 7.11 Å². The summed E-state index contributed by atoms with van der Waals surface area (Å²) in [5.74, 6) is 3.39. The van der Waals surface area contributed by atoms with Crippen molar-refractivity contribution in [2.75, 3.05) is 33.5 Å². The highest BCUT2D eigenvalue weighted by atomic mass is 16.6. The Balaban J connectivity index is 1.67. The van der Waals surface area contributed by atoms with E-state index >= 15 is 0 Å². The number of aryl methyl sites for hydroxylation is 2. The molecule has 2 rings (SSSR count). The van der Waals surface area contributed by atoms with Crippen molar-refractivity contribution in [3.05, 3.63) is 59.7 Å². The fourth-order valence-electron chi connectivity index (χ4n) is 3.03. The van der Waals surface area contributed by atoms with Crippen LogP contribution in [0.3, 0.4) is 0 Å². The van der Waals surface area contributed by atoms with Gasteiger partial charge in [-0.3, -0.25) is 0 Å². The number of unbranched alkanes of at least 4 members (excludes halogenated alkanes) is 1. The largest absolute Gasteiger partial charge is 0.494 e. The molecule has 174 valence electrons. The van der Waals surface area contributed by atoms with E-state index in [9.17, 15) is 0 Å². The standard InChI is InChI=1S/C26H35NO5/c1-6-7-14-30-25-17-20(2)26(21(3)18-25)31-16-9-8-15-29-23-10-12-24(13-11-23)32-19-22(4)27-28-5/h6-7,10-13,17-18H,8-9,14-16,19H2,1-5H3/b7-6+,27-22+. The van der Waals surface area contributed by atoms with E-state index in [2.05, 4.69) is 5.16 Å². The van der Waals surface area contributed by atoms with Crippen LogP contribution in [0.15, 0.2) is 53.7 Å². The van der Waals surface area contributed by atoms with Gasteiger partial charge in [0.15, 0.2) is 0 Å². The number of allylic oxidation sites excluding steroid dienone is 1. The van der Waals surface area contributed by atoms with Gasteiger partial charge in [-0.1, -0.05) is 17.3 Å². The zero-order chi connectivity index (χ0) is 23.2. The number of oxime groups is 1. The Morgan fingerprint density at radius 2 is 1.44 bits per heavy atom. The van der Waals surface area contributed by atoms with Crippen molar-refractivity contribution in [2.45, 2.75) is 40.5 Å². The van der Waals surface area contributed by atoms with Gasteiger partial charge >= 0.3 is 0 Å². The maximum absolute atomic E-state index is 6.02. The second-order valence-electron chi connectivity index (χ2n) is 7.44. The second kappa shape index (κ2) is 14.0. The van der Waals surface area contributed by atoms with Crippen LogP contribution in [0, 0.1) is 13.8 Å². The Morgan fingerprint density at radius 1 is 0.844 bits per heavy atom. The van der Waals surface area contributed by atoms with Crippen molar-refractivity contribution in [1.29, 1.82) is 0 Å². The molecule has 0 atom stereocenters. The summed E-state index contributed by atoms with van der Waals surface area (Å²) in [5.41, 5.74) is 2.94. The first-order chi connectivity index (χ1) is 15.5. The molecule has 6 heteroatoms. The molecule has 0 radical (unpaired) electrons. The van der Waals surface area contributed by atoms with Crippen molar-refractivity contribution in [3.8, 4) is 23.0 Å². The monoisotopic (exact) mass is 441 g/mol. The molecule has 32 heavy (non-hydrogen) atoms.